The van der Waals surface area contributed by atoms with Crippen LogP contribution < -0.4 is 0 Å². The SMILES string of the molecule is O=CCCOSP. The molecular weight excluding hydrogens is 131 g/mol. The first kappa shape index (κ1) is 7.41. The monoisotopic (exact) mass is 138 g/mol. The van der Waals surface area contributed by atoms with Crippen molar-refractivity contribution in [2.24, 2.45) is 0 Å². The summed E-state index contributed by atoms with van der Waals surface area (Å²) in [6, 6.07) is 0. The highest BCUT2D eigenvalue weighted by atomic mass is 32.7. The Morgan fingerprint density at radius 1 is 1.86 bits per heavy atom. The van der Waals surface area contributed by atoms with Crippen molar-refractivity contribution >= 4 is 26.4 Å². The number of hydrogen-bond donors (Lipinski definition) is 0. The summed E-state index contributed by atoms with van der Waals surface area (Å²) in [7, 11) is 2.33. The van der Waals surface area contributed by atoms with Crippen molar-refractivity contribution in [3.05, 3.63) is 0 Å². The fourth-order valence-corrected chi connectivity index (χ4v) is 0.625. The number of rotatable bonds is 4. The van der Waals surface area contributed by atoms with Crippen LogP contribution in [-0.2, 0) is 8.98 Å². The van der Waals surface area contributed by atoms with Gasteiger partial charge in [0.15, 0.2) is 0 Å². The van der Waals surface area contributed by atoms with Crippen molar-refractivity contribution < 1.29 is 8.98 Å². The summed E-state index contributed by atoms with van der Waals surface area (Å²) in [5.41, 5.74) is 0. The third kappa shape index (κ3) is 6.41. The lowest BCUT2D eigenvalue weighted by Crippen LogP contribution is -1.83. The molecule has 0 aromatic carbocycles. The lowest BCUT2D eigenvalue weighted by Gasteiger charge is -1.88. The summed E-state index contributed by atoms with van der Waals surface area (Å²) in [6.45, 7) is 0.512. The normalized spacial score (nSPS) is 8.71. The summed E-state index contributed by atoms with van der Waals surface area (Å²) < 4.78 is 4.72. The first-order valence-electron chi connectivity index (χ1n) is 1.83. The van der Waals surface area contributed by atoms with Crippen LogP contribution in [0.25, 0.3) is 0 Å². The van der Waals surface area contributed by atoms with Crippen LogP contribution >= 0.6 is 20.1 Å². The Morgan fingerprint density at radius 3 is 3.00 bits per heavy atom. The molecule has 0 bridgehead atoms. The molecule has 0 heterocycles. The van der Waals surface area contributed by atoms with Crippen molar-refractivity contribution in [3.63, 3.8) is 0 Å². The first-order chi connectivity index (χ1) is 3.41. The van der Waals surface area contributed by atoms with Gasteiger partial charge in [-0.1, -0.05) is 0 Å². The van der Waals surface area contributed by atoms with Crippen molar-refractivity contribution in [3.8, 4) is 0 Å². The van der Waals surface area contributed by atoms with E-state index in [1.54, 1.807) is 0 Å². The summed E-state index contributed by atoms with van der Waals surface area (Å²) in [6.07, 6.45) is 1.32. The minimum absolute atomic E-state index is 0.488. The van der Waals surface area contributed by atoms with E-state index in [4.69, 9.17) is 4.18 Å². The van der Waals surface area contributed by atoms with Gasteiger partial charge in [0.05, 0.1) is 6.61 Å². The Labute approximate surface area is 49.2 Å². The largest absolute Gasteiger partial charge is 0.311 e. The van der Waals surface area contributed by atoms with E-state index >= 15 is 0 Å². The van der Waals surface area contributed by atoms with Gasteiger partial charge in [0, 0.05) is 18.1 Å². The Bertz CT molecular complexity index is 50.2. The van der Waals surface area contributed by atoms with Gasteiger partial charge in [0.1, 0.15) is 6.29 Å². The number of carbonyl (C=O) groups excluding carboxylic acids is 1. The Kier molecular flexibility index (Phi) is 6.79. The molecule has 0 aromatic heterocycles. The smallest absolute Gasteiger partial charge is 0.122 e. The molecule has 0 radical (unpaired) electrons. The molecule has 7 heavy (non-hydrogen) atoms. The van der Waals surface area contributed by atoms with Gasteiger partial charge >= 0.3 is 0 Å². The predicted molar refractivity (Wildman–Crippen MR) is 33.9 cm³/mol. The number of hydrogen-bond acceptors (Lipinski definition) is 3. The van der Waals surface area contributed by atoms with Gasteiger partial charge in [-0.3, -0.25) is 0 Å². The maximum absolute atomic E-state index is 9.58. The van der Waals surface area contributed by atoms with Crippen LogP contribution in [0.5, 0.6) is 0 Å². The van der Waals surface area contributed by atoms with Gasteiger partial charge in [-0.15, -0.1) is 0 Å². The molecule has 0 aliphatic rings. The second-order valence-electron chi connectivity index (χ2n) is 0.874. The van der Waals surface area contributed by atoms with Gasteiger partial charge in [0.25, 0.3) is 0 Å². The second kappa shape index (κ2) is 6.41. The van der Waals surface area contributed by atoms with Crippen LogP contribution in [0.2, 0.25) is 0 Å². The van der Waals surface area contributed by atoms with Crippen molar-refractivity contribution in [2.45, 2.75) is 6.42 Å². The molecule has 0 aliphatic heterocycles. The highest BCUT2D eigenvalue weighted by Gasteiger charge is 1.79. The second-order valence-corrected chi connectivity index (χ2v) is 1.88. The molecule has 0 aliphatic carbocycles. The highest BCUT2D eigenvalue weighted by molar-refractivity contribution is 8.40. The summed E-state index contributed by atoms with van der Waals surface area (Å²) in [4.78, 5) is 9.58. The van der Waals surface area contributed by atoms with Crippen molar-refractivity contribution in [1.82, 2.24) is 0 Å². The molecule has 4 heteroatoms. The molecule has 0 saturated heterocycles. The van der Waals surface area contributed by atoms with Crippen molar-refractivity contribution in [1.29, 1.82) is 0 Å². The van der Waals surface area contributed by atoms with E-state index in [0.717, 1.165) is 6.29 Å². The quantitative estimate of drug-likeness (QED) is 0.251. The zero-order valence-corrected chi connectivity index (χ0v) is 5.76. The predicted octanol–water partition coefficient (Wildman–Crippen LogP) is 1.03. The van der Waals surface area contributed by atoms with Gasteiger partial charge in [-0.25, -0.2) is 0 Å². The number of carbonyl (C=O) groups is 1. The van der Waals surface area contributed by atoms with Crippen LogP contribution in [0.4, 0.5) is 0 Å². The van der Waals surface area contributed by atoms with Gasteiger partial charge in [0.2, 0.25) is 0 Å². The average Bonchev–Trinajstić information content (AvgIpc) is 1.69. The topological polar surface area (TPSA) is 26.3 Å². The van der Waals surface area contributed by atoms with Gasteiger partial charge in [-0.2, -0.15) is 0 Å². The molecule has 42 valence electrons. The molecule has 1 unspecified atom stereocenters. The summed E-state index contributed by atoms with van der Waals surface area (Å²) >= 11 is 1.20. The Balaban J connectivity index is 2.56. The average molecular weight is 138 g/mol. The van der Waals surface area contributed by atoms with Crippen molar-refractivity contribution in [2.75, 3.05) is 6.61 Å². The maximum Gasteiger partial charge on any atom is 0.122 e. The zero-order valence-electron chi connectivity index (χ0n) is 3.79. The van der Waals surface area contributed by atoms with E-state index < -0.39 is 0 Å². The summed E-state index contributed by atoms with van der Waals surface area (Å²) in [5, 5.41) is 0. The van der Waals surface area contributed by atoms with Crippen LogP contribution in [0.15, 0.2) is 0 Å². The first-order valence-corrected chi connectivity index (χ1v) is 4.05. The molecule has 0 spiro atoms. The van der Waals surface area contributed by atoms with Crippen LogP contribution in [-0.4, -0.2) is 12.9 Å². The van der Waals surface area contributed by atoms with E-state index in [0.29, 0.717) is 13.0 Å². The fraction of sp³-hybridized carbons (Fsp3) is 0.667. The van der Waals surface area contributed by atoms with E-state index in [2.05, 4.69) is 8.44 Å². The molecular formula is C3H7O2PS. The third-order valence-corrected chi connectivity index (χ3v) is 1.10. The van der Waals surface area contributed by atoms with E-state index in [1.807, 2.05) is 0 Å². The molecule has 2 nitrogen and oxygen atoms in total. The maximum atomic E-state index is 9.58. The molecule has 0 rings (SSSR count). The van der Waals surface area contributed by atoms with E-state index in [9.17, 15) is 4.79 Å². The lowest BCUT2D eigenvalue weighted by atomic mass is 10.5. The molecule has 0 saturated carbocycles. The molecule has 0 fully saturated rings. The minimum Gasteiger partial charge on any atom is -0.311 e. The van der Waals surface area contributed by atoms with E-state index in [1.165, 1.54) is 11.7 Å². The van der Waals surface area contributed by atoms with Crippen LogP contribution in [0, 0.1) is 0 Å². The van der Waals surface area contributed by atoms with Crippen LogP contribution in [0.1, 0.15) is 6.42 Å². The lowest BCUT2D eigenvalue weighted by molar-refractivity contribution is -0.108. The van der Waals surface area contributed by atoms with Crippen LogP contribution in [0.3, 0.4) is 0 Å². The zero-order chi connectivity index (χ0) is 5.54. The Morgan fingerprint density at radius 2 is 2.57 bits per heavy atom. The standard InChI is InChI=1S/C3H7O2PS/c4-2-1-3-5-7-6/h2H,1,3,6H2. The third-order valence-electron chi connectivity index (χ3n) is 0.387. The molecule has 1 atom stereocenters. The van der Waals surface area contributed by atoms with Gasteiger partial charge in [-0.05, 0) is 8.44 Å². The molecule has 0 aromatic rings. The fourth-order valence-electron chi connectivity index (χ4n) is 0.144. The van der Waals surface area contributed by atoms with Gasteiger partial charge < -0.3 is 8.98 Å². The Hall–Kier alpha value is 0.410. The highest BCUT2D eigenvalue weighted by Crippen LogP contribution is 2.10. The molecule has 0 amide bonds. The molecule has 0 N–H and O–H groups in total. The minimum atomic E-state index is 0.488. The summed E-state index contributed by atoms with van der Waals surface area (Å²) in [5.74, 6) is 0. The number of aldehydes is 1. The van der Waals surface area contributed by atoms with E-state index in [-0.39, 0.29) is 0 Å².